The Hall–Kier alpha value is -1.81. The fraction of sp³-hybridized carbons (Fsp3) is 0.550. The van der Waals surface area contributed by atoms with Crippen LogP contribution in [0.5, 0.6) is 5.75 Å². The molecule has 0 radical (unpaired) electrons. The van der Waals surface area contributed by atoms with Crippen LogP contribution < -0.4 is 4.74 Å². The molecular formula is C20H30N2O2. The predicted octanol–water partition coefficient (Wildman–Crippen LogP) is 3.29. The number of carbonyl (C=O) groups excluding carboxylic acids is 1. The second kappa shape index (κ2) is 9.48. The molecule has 1 fully saturated rings. The molecule has 0 bridgehead atoms. The molecule has 1 saturated heterocycles. The molecule has 132 valence electrons. The first-order chi connectivity index (χ1) is 11.6. The molecule has 0 aliphatic carbocycles. The molecule has 0 aromatic heterocycles. The van der Waals surface area contributed by atoms with Gasteiger partial charge in [-0.05, 0) is 36.1 Å². The van der Waals surface area contributed by atoms with E-state index in [1.54, 1.807) is 6.08 Å². The molecule has 1 aliphatic heterocycles. The third-order valence-electron chi connectivity index (χ3n) is 4.08. The van der Waals surface area contributed by atoms with E-state index in [-0.39, 0.29) is 5.91 Å². The zero-order valence-electron chi connectivity index (χ0n) is 15.2. The minimum absolute atomic E-state index is 0.102. The van der Waals surface area contributed by atoms with Gasteiger partial charge in [0.2, 0.25) is 5.91 Å². The fourth-order valence-corrected chi connectivity index (χ4v) is 2.84. The minimum Gasteiger partial charge on any atom is -0.494 e. The summed E-state index contributed by atoms with van der Waals surface area (Å²) in [7, 11) is 0. The van der Waals surface area contributed by atoms with Gasteiger partial charge in [-0.15, -0.1) is 0 Å². The van der Waals surface area contributed by atoms with Crippen molar-refractivity contribution in [1.29, 1.82) is 0 Å². The van der Waals surface area contributed by atoms with Crippen molar-refractivity contribution in [3.05, 3.63) is 35.9 Å². The molecule has 0 saturated carbocycles. The van der Waals surface area contributed by atoms with Crippen LogP contribution >= 0.6 is 0 Å². The van der Waals surface area contributed by atoms with Crippen LogP contribution in [0.4, 0.5) is 0 Å². The Morgan fingerprint density at radius 3 is 2.42 bits per heavy atom. The van der Waals surface area contributed by atoms with Crippen molar-refractivity contribution in [2.24, 2.45) is 5.92 Å². The largest absolute Gasteiger partial charge is 0.494 e. The number of amides is 1. The van der Waals surface area contributed by atoms with Crippen LogP contribution in [-0.2, 0) is 4.79 Å². The van der Waals surface area contributed by atoms with E-state index in [2.05, 4.69) is 25.7 Å². The maximum absolute atomic E-state index is 12.3. The monoisotopic (exact) mass is 330 g/mol. The fourth-order valence-electron chi connectivity index (χ4n) is 2.84. The summed E-state index contributed by atoms with van der Waals surface area (Å²) >= 11 is 0. The molecule has 0 unspecified atom stereocenters. The van der Waals surface area contributed by atoms with Gasteiger partial charge in [-0.1, -0.05) is 32.9 Å². The average Bonchev–Trinajstić information content (AvgIpc) is 2.59. The van der Waals surface area contributed by atoms with Gasteiger partial charge in [-0.3, -0.25) is 9.69 Å². The van der Waals surface area contributed by atoms with Crippen LogP contribution in [0.15, 0.2) is 30.3 Å². The second-order valence-corrected chi connectivity index (χ2v) is 6.77. The SMILES string of the molecule is CCCOc1ccc(/C=C/C(=O)N2CCN(CC(C)C)CC2)cc1. The number of nitrogens with zero attached hydrogens (tertiary/aromatic N) is 2. The Kier molecular flexibility index (Phi) is 7.32. The highest BCUT2D eigenvalue weighted by atomic mass is 16.5. The van der Waals surface area contributed by atoms with Crippen molar-refractivity contribution in [3.8, 4) is 5.75 Å². The summed E-state index contributed by atoms with van der Waals surface area (Å²) in [6, 6.07) is 7.86. The summed E-state index contributed by atoms with van der Waals surface area (Å²) in [5, 5.41) is 0. The topological polar surface area (TPSA) is 32.8 Å². The van der Waals surface area contributed by atoms with Gasteiger partial charge in [0.1, 0.15) is 5.75 Å². The first-order valence-electron chi connectivity index (χ1n) is 9.00. The van der Waals surface area contributed by atoms with E-state index in [0.29, 0.717) is 5.92 Å². The molecule has 0 N–H and O–H groups in total. The normalized spacial score (nSPS) is 16.1. The molecule has 0 spiro atoms. The van der Waals surface area contributed by atoms with E-state index in [4.69, 9.17) is 4.74 Å². The van der Waals surface area contributed by atoms with Crippen LogP contribution in [0.2, 0.25) is 0 Å². The maximum atomic E-state index is 12.3. The Morgan fingerprint density at radius 2 is 1.83 bits per heavy atom. The van der Waals surface area contributed by atoms with Crippen molar-refractivity contribution in [2.45, 2.75) is 27.2 Å². The smallest absolute Gasteiger partial charge is 0.246 e. The summed E-state index contributed by atoms with van der Waals surface area (Å²) in [6.45, 7) is 12.0. The second-order valence-electron chi connectivity index (χ2n) is 6.77. The summed E-state index contributed by atoms with van der Waals surface area (Å²) in [4.78, 5) is 16.7. The van der Waals surface area contributed by atoms with Gasteiger partial charge in [-0.25, -0.2) is 0 Å². The quantitative estimate of drug-likeness (QED) is 0.719. The summed E-state index contributed by atoms with van der Waals surface area (Å²) in [5.74, 6) is 1.66. The Balaban J connectivity index is 1.80. The standard InChI is InChI=1S/C20H30N2O2/c1-4-15-24-19-8-5-18(6-9-19)7-10-20(23)22-13-11-21(12-14-22)16-17(2)3/h5-10,17H,4,11-16H2,1-3H3/b10-7+. The molecule has 1 aromatic carbocycles. The molecular weight excluding hydrogens is 300 g/mol. The Bertz CT molecular complexity index is 529. The minimum atomic E-state index is 0.102. The Labute approximate surface area is 146 Å². The van der Waals surface area contributed by atoms with E-state index in [1.165, 1.54) is 0 Å². The van der Waals surface area contributed by atoms with Crippen molar-refractivity contribution >= 4 is 12.0 Å². The average molecular weight is 330 g/mol. The number of ether oxygens (including phenoxy) is 1. The van der Waals surface area contributed by atoms with Crippen LogP contribution in [-0.4, -0.2) is 55.0 Å². The summed E-state index contributed by atoms with van der Waals surface area (Å²) in [5.41, 5.74) is 1.02. The van der Waals surface area contributed by atoms with Crippen LogP contribution in [0.1, 0.15) is 32.8 Å². The van der Waals surface area contributed by atoms with Crippen molar-refractivity contribution in [1.82, 2.24) is 9.80 Å². The van der Waals surface area contributed by atoms with Gasteiger partial charge in [0, 0.05) is 38.8 Å². The number of rotatable bonds is 7. The van der Waals surface area contributed by atoms with E-state index in [1.807, 2.05) is 35.2 Å². The van der Waals surface area contributed by atoms with E-state index >= 15 is 0 Å². The highest BCUT2D eigenvalue weighted by molar-refractivity contribution is 5.91. The van der Waals surface area contributed by atoms with Crippen LogP contribution in [0.25, 0.3) is 6.08 Å². The molecule has 1 aliphatic rings. The number of hydrogen-bond donors (Lipinski definition) is 0. The number of hydrogen-bond acceptors (Lipinski definition) is 3. The van der Waals surface area contributed by atoms with Gasteiger partial charge < -0.3 is 9.64 Å². The lowest BCUT2D eigenvalue weighted by atomic mass is 10.2. The Morgan fingerprint density at radius 1 is 1.17 bits per heavy atom. The van der Waals surface area contributed by atoms with Crippen molar-refractivity contribution in [2.75, 3.05) is 39.3 Å². The van der Waals surface area contributed by atoms with Gasteiger partial charge in [0.15, 0.2) is 0 Å². The van der Waals surface area contributed by atoms with E-state index < -0.39 is 0 Å². The molecule has 2 rings (SSSR count). The van der Waals surface area contributed by atoms with Crippen molar-refractivity contribution in [3.63, 3.8) is 0 Å². The van der Waals surface area contributed by atoms with Crippen LogP contribution in [0, 0.1) is 5.92 Å². The third-order valence-corrected chi connectivity index (χ3v) is 4.08. The predicted molar refractivity (Wildman–Crippen MR) is 99.1 cm³/mol. The lowest BCUT2D eigenvalue weighted by Crippen LogP contribution is -2.49. The van der Waals surface area contributed by atoms with E-state index in [9.17, 15) is 4.79 Å². The summed E-state index contributed by atoms with van der Waals surface area (Å²) < 4.78 is 5.56. The van der Waals surface area contributed by atoms with Gasteiger partial charge >= 0.3 is 0 Å². The molecule has 1 amide bonds. The van der Waals surface area contributed by atoms with Crippen LogP contribution in [0.3, 0.4) is 0 Å². The molecule has 4 heteroatoms. The van der Waals surface area contributed by atoms with Gasteiger partial charge in [0.25, 0.3) is 0 Å². The lowest BCUT2D eigenvalue weighted by molar-refractivity contribution is -0.127. The van der Waals surface area contributed by atoms with Gasteiger partial charge in [0.05, 0.1) is 6.61 Å². The maximum Gasteiger partial charge on any atom is 0.246 e. The number of piperazine rings is 1. The zero-order chi connectivity index (χ0) is 17.4. The molecule has 4 nitrogen and oxygen atoms in total. The first-order valence-corrected chi connectivity index (χ1v) is 9.00. The molecule has 0 atom stereocenters. The zero-order valence-corrected chi connectivity index (χ0v) is 15.2. The number of carbonyl (C=O) groups is 1. The van der Waals surface area contributed by atoms with E-state index in [0.717, 1.165) is 57.1 Å². The molecule has 1 aromatic rings. The third kappa shape index (κ3) is 6.00. The molecule has 1 heterocycles. The lowest BCUT2D eigenvalue weighted by Gasteiger charge is -2.35. The van der Waals surface area contributed by atoms with Gasteiger partial charge in [-0.2, -0.15) is 0 Å². The summed E-state index contributed by atoms with van der Waals surface area (Å²) in [6.07, 6.45) is 4.56. The highest BCUT2D eigenvalue weighted by Crippen LogP contribution is 2.14. The molecule has 24 heavy (non-hydrogen) atoms. The number of benzene rings is 1. The highest BCUT2D eigenvalue weighted by Gasteiger charge is 2.19. The first kappa shape index (κ1) is 18.5. The van der Waals surface area contributed by atoms with Crippen molar-refractivity contribution < 1.29 is 9.53 Å².